The van der Waals surface area contributed by atoms with Crippen LogP contribution in [0.1, 0.15) is 5.56 Å². The van der Waals surface area contributed by atoms with E-state index in [1.54, 1.807) is 36.7 Å². The highest BCUT2D eigenvalue weighted by Crippen LogP contribution is 2.34. The van der Waals surface area contributed by atoms with E-state index in [-0.39, 0.29) is 4.90 Å². The van der Waals surface area contributed by atoms with Crippen LogP contribution in [-0.2, 0) is 10.0 Å². The number of hydrogen-bond donors (Lipinski definition) is 0. The van der Waals surface area contributed by atoms with Gasteiger partial charge in [0.05, 0.1) is 10.4 Å². The number of rotatable bonds is 3. The Bertz CT molecular complexity index is 1220. The van der Waals surface area contributed by atoms with Gasteiger partial charge in [-0.25, -0.2) is 16.8 Å². The first-order valence-electron chi connectivity index (χ1n) is 8.01. The molecule has 4 rings (SSSR count). The van der Waals surface area contributed by atoms with Crippen molar-refractivity contribution in [1.29, 1.82) is 0 Å². The van der Waals surface area contributed by atoms with Gasteiger partial charge in [0.2, 0.25) is 0 Å². The van der Waals surface area contributed by atoms with Crippen LogP contribution in [0.15, 0.2) is 78.1 Å². The molecule has 2 aromatic carbocycles. The molecule has 0 N–H and O–H groups in total. The van der Waals surface area contributed by atoms with Gasteiger partial charge in [0.25, 0.3) is 10.0 Å². The Balaban J connectivity index is 2.06. The van der Waals surface area contributed by atoms with Gasteiger partial charge in [-0.15, -0.1) is 0 Å². The zero-order chi connectivity index (χ0) is 18.3. The van der Waals surface area contributed by atoms with Gasteiger partial charge in [0, 0.05) is 35.1 Å². The predicted octanol–water partition coefficient (Wildman–Crippen LogP) is 4.39. The summed E-state index contributed by atoms with van der Waals surface area (Å²) in [5.41, 5.74) is 2.77. The minimum Gasteiger partial charge on any atom is -0.264 e. The molecule has 0 fully saturated rings. The maximum atomic E-state index is 13.9. The standard InChI is InChI=1S/C20H15FN2O2S/c1-14-9-10-22-12-18(14)19-13-23(20-11-15(21)7-8-17(19)20)26(24,25)16-5-3-2-4-6-16/h2-13H,1H3. The van der Waals surface area contributed by atoms with Crippen molar-refractivity contribution in [3.8, 4) is 11.1 Å². The lowest BCUT2D eigenvalue weighted by Crippen LogP contribution is -2.11. The Labute approximate surface area is 150 Å². The van der Waals surface area contributed by atoms with Crippen LogP contribution in [-0.4, -0.2) is 17.4 Å². The van der Waals surface area contributed by atoms with Crippen LogP contribution in [0.4, 0.5) is 4.39 Å². The maximum Gasteiger partial charge on any atom is 0.268 e. The molecule has 0 radical (unpaired) electrons. The van der Waals surface area contributed by atoms with Gasteiger partial charge in [-0.3, -0.25) is 4.98 Å². The molecule has 26 heavy (non-hydrogen) atoms. The molecule has 2 aromatic heterocycles. The Hall–Kier alpha value is -2.99. The lowest BCUT2D eigenvalue weighted by Gasteiger charge is -2.07. The molecule has 6 heteroatoms. The Morgan fingerprint density at radius 1 is 1.00 bits per heavy atom. The van der Waals surface area contributed by atoms with E-state index >= 15 is 0 Å². The van der Waals surface area contributed by atoms with Crippen molar-refractivity contribution in [2.45, 2.75) is 11.8 Å². The van der Waals surface area contributed by atoms with Crippen LogP contribution in [0.3, 0.4) is 0 Å². The highest BCUT2D eigenvalue weighted by atomic mass is 32.2. The van der Waals surface area contributed by atoms with Gasteiger partial charge in [0.1, 0.15) is 5.82 Å². The first-order chi connectivity index (χ1) is 12.5. The molecule has 0 saturated heterocycles. The van der Waals surface area contributed by atoms with E-state index in [1.165, 1.54) is 30.5 Å². The van der Waals surface area contributed by atoms with E-state index in [1.807, 2.05) is 13.0 Å². The largest absolute Gasteiger partial charge is 0.268 e. The number of halogens is 1. The van der Waals surface area contributed by atoms with Crippen LogP contribution in [0.2, 0.25) is 0 Å². The third-order valence-corrected chi connectivity index (χ3v) is 6.05. The second-order valence-corrected chi connectivity index (χ2v) is 7.82. The molecule has 0 atom stereocenters. The molecule has 130 valence electrons. The summed E-state index contributed by atoms with van der Waals surface area (Å²) in [6.45, 7) is 1.93. The molecule has 0 aliphatic heterocycles. The third-order valence-electron chi connectivity index (χ3n) is 4.36. The second kappa shape index (κ2) is 6.07. The molecule has 2 heterocycles. The highest BCUT2D eigenvalue weighted by molar-refractivity contribution is 7.90. The van der Waals surface area contributed by atoms with Gasteiger partial charge >= 0.3 is 0 Å². The van der Waals surface area contributed by atoms with Crippen LogP contribution >= 0.6 is 0 Å². The van der Waals surface area contributed by atoms with Gasteiger partial charge in [-0.1, -0.05) is 18.2 Å². The molecule has 0 bridgehead atoms. The zero-order valence-corrected chi connectivity index (χ0v) is 14.7. The van der Waals surface area contributed by atoms with Crippen LogP contribution in [0.5, 0.6) is 0 Å². The van der Waals surface area contributed by atoms with Crippen molar-refractivity contribution >= 4 is 20.9 Å². The van der Waals surface area contributed by atoms with E-state index in [0.29, 0.717) is 16.5 Å². The highest BCUT2D eigenvalue weighted by Gasteiger charge is 2.22. The monoisotopic (exact) mass is 366 g/mol. The molecule has 0 spiro atoms. The first-order valence-corrected chi connectivity index (χ1v) is 9.45. The Morgan fingerprint density at radius 3 is 2.50 bits per heavy atom. The third kappa shape index (κ3) is 2.59. The SMILES string of the molecule is Cc1ccncc1-c1cn(S(=O)(=O)c2ccccc2)c2cc(F)ccc12. The zero-order valence-electron chi connectivity index (χ0n) is 13.9. The molecular formula is C20H15FN2O2S. The number of pyridine rings is 1. The van der Waals surface area contributed by atoms with Crippen molar-refractivity contribution in [2.24, 2.45) is 0 Å². The van der Waals surface area contributed by atoms with Crippen LogP contribution < -0.4 is 0 Å². The summed E-state index contributed by atoms with van der Waals surface area (Å²) in [4.78, 5) is 4.29. The van der Waals surface area contributed by atoms with E-state index in [9.17, 15) is 12.8 Å². The van der Waals surface area contributed by atoms with Gasteiger partial charge in [-0.2, -0.15) is 0 Å². The predicted molar refractivity (Wildman–Crippen MR) is 98.9 cm³/mol. The summed E-state index contributed by atoms with van der Waals surface area (Å²) >= 11 is 0. The number of aryl methyl sites for hydroxylation is 1. The molecule has 0 amide bonds. The summed E-state index contributed by atoms with van der Waals surface area (Å²) < 4.78 is 41.2. The number of aromatic nitrogens is 2. The number of nitrogens with zero attached hydrogens (tertiary/aromatic N) is 2. The fraction of sp³-hybridized carbons (Fsp3) is 0.0500. The number of benzene rings is 2. The number of fused-ring (bicyclic) bond motifs is 1. The lowest BCUT2D eigenvalue weighted by atomic mass is 10.0. The van der Waals surface area contributed by atoms with Crippen molar-refractivity contribution in [3.63, 3.8) is 0 Å². The second-order valence-electron chi connectivity index (χ2n) is 6.01. The van der Waals surface area contributed by atoms with E-state index in [2.05, 4.69) is 4.98 Å². The smallest absolute Gasteiger partial charge is 0.264 e. The Kier molecular flexibility index (Phi) is 3.85. The van der Waals surface area contributed by atoms with Crippen LogP contribution in [0, 0.1) is 12.7 Å². The molecule has 0 aliphatic rings. The number of hydrogen-bond acceptors (Lipinski definition) is 3. The van der Waals surface area contributed by atoms with Gasteiger partial charge in [-0.05, 0) is 48.9 Å². The summed E-state index contributed by atoms with van der Waals surface area (Å²) in [6.07, 6.45) is 4.90. The molecule has 0 saturated carbocycles. The van der Waals surface area contributed by atoms with E-state index < -0.39 is 15.8 Å². The molecule has 0 aliphatic carbocycles. The van der Waals surface area contributed by atoms with Crippen LogP contribution in [0.25, 0.3) is 22.0 Å². The molecule has 4 aromatic rings. The Morgan fingerprint density at radius 2 is 1.77 bits per heavy atom. The fourth-order valence-electron chi connectivity index (χ4n) is 3.04. The first kappa shape index (κ1) is 16.5. The molecular weight excluding hydrogens is 351 g/mol. The normalized spacial score (nSPS) is 11.8. The van der Waals surface area contributed by atoms with Gasteiger partial charge < -0.3 is 0 Å². The summed E-state index contributed by atoms with van der Waals surface area (Å²) in [7, 11) is -3.85. The summed E-state index contributed by atoms with van der Waals surface area (Å²) in [5, 5.41) is 0.655. The quantitative estimate of drug-likeness (QED) is 0.540. The minimum absolute atomic E-state index is 0.149. The average molecular weight is 366 g/mol. The fourth-order valence-corrected chi connectivity index (χ4v) is 4.42. The van der Waals surface area contributed by atoms with E-state index in [0.717, 1.165) is 15.1 Å². The van der Waals surface area contributed by atoms with E-state index in [4.69, 9.17) is 0 Å². The topological polar surface area (TPSA) is 52.0 Å². The molecule has 0 unspecified atom stereocenters. The summed E-state index contributed by atoms with van der Waals surface area (Å²) in [6, 6.07) is 14.1. The summed E-state index contributed by atoms with van der Waals surface area (Å²) in [5.74, 6) is -0.491. The molecule has 4 nitrogen and oxygen atoms in total. The van der Waals surface area contributed by atoms with Crippen molar-refractivity contribution in [3.05, 3.63) is 84.6 Å². The lowest BCUT2D eigenvalue weighted by molar-refractivity contribution is 0.589. The van der Waals surface area contributed by atoms with Crippen molar-refractivity contribution in [1.82, 2.24) is 8.96 Å². The van der Waals surface area contributed by atoms with Gasteiger partial charge in [0.15, 0.2) is 0 Å². The van der Waals surface area contributed by atoms with Crippen molar-refractivity contribution in [2.75, 3.05) is 0 Å². The minimum atomic E-state index is -3.85. The average Bonchev–Trinajstić information content (AvgIpc) is 3.02. The van der Waals surface area contributed by atoms with Crippen molar-refractivity contribution < 1.29 is 12.8 Å². The maximum absolute atomic E-state index is 13.9.